The molecule has 0 aromatic heterocycles. The summed E-state index contributed by atoms with van der Waals surface area (Å²) >= 11 is 0. The summed E-state index contributed by atoms with van der Waals surface area (Å²) in [6.07, 6.45) is 67.8. The first-order valence-corrected chi connectivity index (χ1v) is 33.2. The van der Waals surface area contributed by atoms with Crippen LogP contribution in [0.4, 0.5) is 0 Å². The molecule has 0 bridgehead atoms. The molecule has 0 fully saturated rings. The minimum absolute atomic E-state index is 0. The van der Waals surface area contributed by atoms with E-state index in [1.807, 2.05) is 0 Å². The van der Waals surface area contributed by atoms with E-state index in [0.717, 1.165) is 39.0 Å². The molecule has 0 aliphatic heterocycles. The number of rotatable bonds is 60. The summed E-state index contributed by atoms with van der Waals surface area (Å²) in [5.41, 5.74) is 0. The second-order valence-corrected chi connectivity index (χ2v) is 22.9. The molecule has 0 saturated heterocycles. The summed E-state index contributed by atoms with van der Waals surface area (Å²) in [4.78, 5) is 27.5. The van der Waals surface area contributed by atoms with Crippen LogP contribution >= 0.6 is 0 Å². The largest absolute Gasteiger partial charge is 2.00 e. The second-order valence-electron chi connectivity index (χ2n) is 22.9. The minimum atomic E-state index is -0.892. The fraction of sp³-hybridized carbons (Fsp3) is 0.970. The van der Waals surface area contributed by atoms with E-state index in [1.165, 1.54) is 308 Å². The van der Waals surface area contributed by atoms with Crippen LogP contribution in [-0.4, -0.2) is 97.7 Å². The van der Waals surface area contributed by atoms with Crippen molar-refractivity contribution in [2.24, 2.45) is 0 Å². The van der Waals surface area contributed by atoms with Gasteiger partial charge < -0.3 is 29.6 Å². The second kappa shape index (κ2) is 66.4. The predicted octanol–water partition coefficient (Wildman–Crippen LogP) is 18.8. The Balaban J connectivity index is -0.00000132. The molecule has 0 aromatic rings. The molecule has 0 aliphatic carbocycles. The Kier molecular flexibility index (Phi) is 70.4. The first kappa shape index (κ1) is 77.4. The summed E-state index contributed by atoms with van der Waals surface area (Å²) in [5.74, 6) is -1.78. The van der Waals surface area contributed by atoms with Crippen molar-refractivity contribution in [2.75, 3.05) is 26.2 Å². The normalized spacial score (nSPS) is 12.3. The number of nitrogens with zero attached hydrogens (tertiary/aromatic N) is 2. The number of carbonyl (C=O) groups excluding carboxylic acids is 2. The maximum Gasteiger partial charge on any atom is 2.00 e. The SMILES string of the molecule is CCCCCCCCCCCCCCN(CCCCCCCCCCCCCC)C(CC)CC(=O)[O-].CCCCCCCCCCCCCCN(CCCCCCCCCCCCCC)C(CC)CC(=O)[O-].[Ca+2]. The number of hydrogen-bond acceptors (Lipinski definition) is 6. The quantitative estimate of drug-likeness (QED) is 0.0446. The molecule has 2 unspecified atom stereocenters. The summed E-state index contributed by atoms with van der Waals surface area (Å²) in [6, 6.07) is 0.297. The number of hydrogen-bond donors (Lipinski definition) is 0. The van der Waals surface area contributed by atoms with E-state index in [9.17, 15) is 19.8 Å². The monoisotopic (exact) mass is 1060 g/mol. The van der Waals surface area contributed by atoms with Gasteiger partial charge >= 0.3 is 37.7 Å². The molecule has 432 valence electrons. The summed E-state index contributed by atoms with van der Waals surface area (Å²) in [7, 11) is 0. The molecule has 0 amide bonds. The average Bonchev–Trinajstić information content (AvgIpc) is 3.37. The molecule has 0 radical (unpaired) electrons. The van der Waals surface area contributed by atoms with Gasteiger partial charge in [0.15, 0.2) is 0 Å². The van der Waals surface area contributed by atoms with Gasteiger partial charge in [0.25, 0.3) is 0 Å². The van der Waals surface area contributed by atoms with E-state index in [-0.39, 0.29) is 62.7 Å². The zero-order valence-corrected chi connectivity index (χ0v) is 53.2. The molecule has 6 nitrogen and oxygen atoms in total. The summed E-state index contributed by atoms with van der Waals surface area (Å²) in [5, 5.41) is 22.6. The van der Waals surface area contributed by atoms with E-state index >= 15 is 0 Å². The Morgan fingerprint density at radius 2 is 0.397 bits per heavy atom. The van der Waals surface area contributed by atoms with Gasteiger partial charge in [-0.1, -0.05) is 324 Å². The van der Waals surface area contributed by atoms with Crippen LogP contribution in [0.5, 0.6) is 0 Å². The molecular formula is C66H132CaN2O4. The Hall–Kier alpha value is 0.120. The van der Waals surface area contributed by atoms with Gasteiger partial charge in [-0.2, -0.15) is 0 Å². The average molecular weight is 1060 g/mol. The van der Waals surface area contributed by atoms with E-state index in [2.05, 4.69) is 51.3 Å². The van der Waals surface area contributed by atoms with Crippen molar-refractivity contribution in [3.8, 4) is 0 Å². The number of carboxylic acids is 2. The molecule has 0 aromatic carbocycles. The van der Waals surface area contributed by atoms with Crippen molar-refractivity contribution < 1.29 is 19.8 Å². The third-order valence-electron chi connectivity index (χ3n) is 16.0. The van der Waals surface area contributed by atoms with Crippen LogP contribution in [0.2, 0.25) is 0 Å². The Labute approximate surface area is 489 Å². The zero-order chi connectivity index (χ0) is 53.1. The van der Waals surface area contributed by atoms with E-state index in [0.29, 0.717) is 0 Å². The van der Waals surface area contributed by atoms with Crippen LogP contribution in [-0.2, 0) is 9.59 Å². The van der Waals surface area contributed by atoms with Gasteiger partial charge in [-0.15, -0.1) is 0 Å². The Morgan fingerprint density at radius 3 is 0.521 bits per heavy atom. The molecule has 0 N–H and O–H groups in total. The first-order valence-electron chi connectivity index (χ1n) is 33.2. The van der Waals surface area contributed by atoms with Crippen molar-refractivity contribution in [2.45, 2.75) is 388 Å². The maximum absolute atomic E-state index is 11.3. The molecule has 0 spiro atoms. The zero-order valence-electron chi connectivity index (χ0n) is 51.0. The van der Waals surface area contributed by atoms with Crippen LogP contribution in [0.3, 0.4) is 0 Å². The number of carbonyl (C=O) groups is 2. The van der Waals surface area contributed by atoms with Gasteiger partial charge in [0.1, 0.15) is 0 Å². The summed E-state index contributed by atoms with van der Waals surface area (Å²) < 4.78 is 0. The third kappa shape index (κ3) is 61.2. The number of aliphatic carboxylic acids is 2. The fourth-order valence-corrected chi connectivity index (χ4v) is 11.0. The molecular weight excluding hydrogens is 925 g/mol. The summed E-state index contributed by atoms with van der Waals surface area (Å²) in [6.45, 7) is 17.6. The third-order valence-corrected chi connectivity index (χ3v) is 16.0. The Bertz CT molecular complexity index is 910. The molecule has 2 atom stereocenters. The van der Waals surface area contributed by atoms with Gasteiger partial charge in [-0.3, -0.25) is 0 Å². The standard InChI is InChI=1S/2C33H67NO2.Ca/c2*1-4-7-9-11-13-15-17-19-21-23-25-27-29-34(32(6-3)31-33(35)36)30-28-26-24-22-20-18-16-14-12-10-8-5-2;/h2*32H,4-31H2,1-3H3,(H,35,36);/q;;+2/p-2. The minimum Gasteiger partial charge on any atom is -0.550 e. The van der Waals surface area contributed by atoms with E-state index < -0.39 is 11.9 Å². The molecule has 0 heterocycles. The molecule has 7 heteroatoms. The smallest absolute Gasteiger partial charge is 0.550 e. The van der Waals surface area contributed by atoms with Gasteiger partial charge in [-0.25, -0.2) is 0 Å². The van der Waals surface area contributed by atoms with Crippen LogP contribution in [0, 0.1) is 0 Å². The van der Waals surface area contributed by atoms with Gasteiger partial charge in [-0.05, 0) is 64.7 Å². The topological polar surface area (TPSA) is 86.7 Å². The van der Waals surface area contributed by atoms with Crippen LogP contribution in [0.25, 0.3) is 0 Å². The number of unbranched alkanes of at least 4 members (excludes halogenated alkanes) is 44. The Morgan fingerprint density at radius 1 is 0.260 bits per heavy atom. The van der Waals surface area contributed by atoms with Crippen molar-refractivity contribution >= 4 is 49.7 Å². The first-order chi connectivity index (χ1) is 35.3. The van der Waals surface area contributed by atoms with Crippen molar-refractivity contribution in [1.29, 1.82) is 0 Å². The van der Waals surface area contributed by atoms with E-state index in [1.54, 1.807) is 0 Å². The van der Waals surface area contributed by atoms with Gasteiger partial charge in [0.2, 0.25) is 0 Å². The molecule has 73 heavy (non-hydrogen) atoms. The number of carboxylic acid groups (broad SMARTS) is 2. The van der Waals surface area contributed by atoms with Crippen LogP contribution < -0.4 is 10.2 Å². The fourth-order valence-electron chi connectivity index (χ4n) is 11.0. The predicted molar refractivity (Wildman–Crippen MR) is 321 cm³/mol. The molecule has 0 saturated carbocycles. The molecule has 0 rings (SSSR count). The van der Waals surface area contributed by atoms with Crippen molar-refractivity contribution in [3.05, 3.63) is 0 Å². The van der Waals surface area contributed by atoms with Gasteiger partial charge in [0.05, 0.1) is 0 Å². The molecule has 0 aliphatic rings. The van der Waals surface area contributed by atoms with E-state index in [4.69, 9.17) is 0 Å². The van der Waals surface area contributed by atoms with Crippen molar-refractivity contribution in [1.82, 2.24) is 9.80 Å². The maximum atomic E-state index is 11.3. The van der Waals surface area contributed by atoms with Gasteiger partial charge in [0, 0.05) is 36.9 Å². The van der Waals surface area contributed by atoms with Crippen LogP contribution in [0.15, 0.2) is 0 Å². The van der Waals surface area contributed by atoms with Crippen molar-refractivity contribution in [3.63, 3.8) is 0 Å². The van der Waals surface area contributed by atoms with Crippen LogP contribution in [0.1, 0.15) is 375 Å².